The molecule has 2 aromatic rings. The van der Waals surface area contributed by atoms with Gasteiger partial charge in [0.05, 0.1) is 5.56 Å². The molecule has 4 nitrogen and oxygen atoms in total. The average Bonchev–Trinajstić information content (AvgIpc) is 2.59. The average molecular weight is 356 g/mol. The van der Waals surface area contributed by atoms with E-state index in [1.54, 1.807) is 12.1 Å². The van der Waals surface area contributed by atoms with Crippen LogP contribution in [0.4, 0.5) is 10.1 Å². The van der Waals surface area contributed by atoms with E-state index in [-0.39, 0.29) is 17.4 Å². The quantitative estimate of drug-likeness (QED) is 0.809. The Morgan fingerprint density at radius 3 is 2.27 bits per heavy atom. The fourth-order valence-corrected chi connectivity index (χ4v) is 2.59. The minimum Gasteiger partial charge on any atom is -0.340 e. The molecule has 0 aliphatic rings. The molecule has 0 aliphatic heterocycles. The Morgan fingerprint density at radius 2 is 1.65 bits per heavy atom. The lowest BCUT2D eigenvalue weighted by Gasteiger charge is -2.22. The number of hydrogen-bond donors (Lipinski definition) is 2. The predicted molar refractivity (Wildman–Crippen MR) is 102 cm³/mol. The number of carbonyl (C=O) groups excluding carboxylic acids is 2. The topological polar surface area (TPSA) is 58.2 Å². The van der Waals surface area contributed by atoms with Gasteiger partial charge in [-0.05, 0) is 41.7 Å². The Bertz CT molecular complexity index is 787. The summed E-state index contributed by atoms with van der Waals surface area (Å²) in [5.74, 6) is -1.36. The van der Waals surface area contributed by atoms with Gasteiger partial charge in [0, 0.05) is 5.69 Å². The Hall–Kier alpha value is -2.69. The molecule has 0 aromatic heterocycles. The van der Waals surface area contributed by atoms with Crippen molar-refractivity contribution in [1.29, 1.82) is 0 Å². The number of rotatable bonds is 6. The molecule has 0 fully saturated rings. The lowest BCUT2D eigenvalue weighted by Crippen LogP contribution is -2.47. The second-order valence-corrected chi connectivity index (χ2v) is 6.94. The lowest BCUT2D eigenvalue weighted by molar-refractivity contribution is -0.118. The fraction of sp³-hybridized carbons (Fsp3) is 0.333. The zero-order chi connectivity index (χ0) is 19.3. The maximum Gasteiger partial charge on any atom is 0.254 e. The van der Waals surface area contributed by atoms with Gasteiger partial charge in [-0.25, -0.2) is 4.39 Å². The van der Waals surface area contributed by atoms with Crippen molar-refractivity contribution in [3.8, 4) is 0 Å². The summed E-state index contributed by atoms with van der Waals surface area (Å²) in [5, 5.41) is 5.48. The van der Waals surface area contributed by atoms with Crippen LogP contribution in [0.3, 0.4) is 0 Å². The third-order valence-electron chi connectivity index (χ3n) is 4.18. The van der Waals surface area contributed by atoms with Crippen LogP contribution in [0.1, 0.15) is 49.5 Å². The Labute approximate surface area is 153 Å². The van der Waals surface area contributed by atoms with E-state index < -0.39 is 17.8 Å². The number of carbonyl (C=O) groups is 2. The number of amides is 2. The summed E-state index contributed by atoms with van der Waals surface area (Å²) >= 11 is 0. The Balaban J connectivity index is 2.14. The molecular formula is C21H25FN2O2. The molecule has 2 rings (SSSR count). The first-order valence-electron chi connectivity index (χ1n) is 8.75. The Kier molecular flexibility index (Phi) is 6.50. The van der Waals surface area contributed by atoms with Crippen LogP contribution in [0.15, 0.2) is 48.5 Å². The van der Waals surface area contributed by atoms with Crippen molar-refractivity contribution < 1.29 is 14.0 Å². The maximum absolute atomic E-state index is 13.8. The number of nitrogens with one attached hydrogen (secondary N) is 2. The van der Waals surface area contributed by atoms with Gasteiger partial charge in [-0.2, -0.15) is 0 Å². The third-order valence-corrected chi connectivity index (χ3v) is 4.18. The monoisotopic (exact) mass is 356 g/mol. The molecule has 2 N–H and O–H groups in total. The van der Waals surface area contributed by atoms with Crippen LogP contribution in [0.5, 0.6) is 0 Å². The minimum atomic E-state index is -0.773. The maximum atomic E-state index is 13.8. The molecule has 0 bridgehead atoms. The molecule has 0 heterocycles. The number of anilines is 1. The lowest BCUT2D eigenvalue weighted by atomic mass is 10.0. The summed E-state index contributed by atoms with van der Waals surface area (Å²) in [6.45, 7) is 7.81. The van der Waals surface area contributed by atoms with E-state index in [2.05, 4.69) is 24.5 Å². The molecule has 5 heteroatoms. The standard InChI is InChI=1S/C21H25FN2O2/c1-13(2)15-8-7-9-16(12-15)23-21(26)19(14(3)4)24-20(25)17-10-5-6-11-18(17)22/h5-14,19H,1-4H3,(H,23,26)(H,24,25). The van der Waals surface area contributed by atoms with Crippen LogP contribution in [-0.4, -0.2) is 17.9 Å². The first kappa shape index (κ1) is 19.6. The Morgan fingerprint density at radius 1 is 0.962 bits per heavy atom. The molecule has 0 saturated heterocycles. The van der Waals surface area contributed by atoms with Crippen molar-refractivity contribution in [2.75, 3.05) is 5.32 Å². The number of halogens is 1. The van der Waals surface area contributed by atoms with Crippen molar-refractivity contribution in [3.63, 3.8) is 0 Å². The molecule has 2 amide bonds. The van der Waals surface area contributed by atoms with Gasteiger partial charge in [0.1, 0.15) is 11.9 Å². The summed E-state index contributed by atoms with van der Waals surface area (Å²) < 4.78 is 13.8. The van der Waals surface area contributed by atoms with Crippen LogP contribution in [0.25, 0.3) is 0 Å². The van der Waals surface area contributed by atoms with E-state index in [1.165, 1.54) is 18.2 Å². The van der Waals surface area contributed by atoms with E-state index in [0.29, 0.717) is 11.6 Å². The van der Waals surface area contributed by atoms with Crippen LogP contribution in [0.2, 0.25) is 0 Å². The van der Waals surface area contributed by atoms with Gasteiger partial charge in [-0.15, -0.1) is 0 Å². The highest BCUT2D eigenvalue weighted by Crippen LogP contribution is 2.19. The van der Waals surface area contributed by atoms with Gasteiger partial charge in [-0.3, -0.25) is 9.59 Å². The van der Waals surface area contributed by atoms with Crippen molar-refractivity contribution >= 4 is 17.5 Å². The largest absolute Gasteiger partial charge is 0.340 e. The predicted octanol–water partition coefficient (Wildman–Crippen LogP) is 4.34. The van der Waals surface area contributed by atoms with Crippen molar-refractivity contribution in [2.45, 2.75) is 39.7 Å². The summed E-state index contributed by atoms with van der Waals surface area (Å²) in [4.78, 5) is 25.0. The van der Waals surface area contributed by atoms with Crippen molar-refractivity contribution in [1.82, 2.24) is 5.32 Å². The van der Waals surface area contributed by atoms with E-state index >= 15 is 0 Å². The van der Waals surface area contributed by atoms with Gasteiger partial charge in [0.2, 0.25) is 5.91 Å². The zero-order valence-corrected chi connectivity index (χ0v) is 15.5. The first-order chi connectivity index (χ1) is 12.3. The molecule has 138 valence electrons. The molecule has 0 radical (unpaired) electrons. The summed E-state index contributed by atoms with van der Waals surface area (Å²) in [6.07, 6.45) is 0. The van der Waals surface area contributed by atoms with E-state index in [4.69, 9.17) is 0 Å². The smallest absolute Gasteiger partial charge is 0.254 e. The minimum absolute atomic E-state index is 0.0762. The van der Waals surface area contributed by atoms with Crippen molar-refractivity contribution in [2.24, 2.45) is 5.92 Å². The zero-order valence-electron chi connectivity index (χ0n) is 15.5. The molecule has 26 heavy (non-hydrogen) atoms. The van der Waals surface area contributed by atoms with E-state index in [9.17, 15) is 14.0 Å². The highest BCUT2D eigenvalue weighted by Gasteiger charge is 2.25. The van der Waals surface area contributed by atoms with Crippen molar-refractivity contribution in [3.05, 3.63) is 65.5 Å². The summed E-state index contributed by atoms with van der Waals surface area (Å²) in [5.41, 5.74) is 1.71. The van der Waals surface area contributed by atoms with Gasteiger partial charge in [0.25, 0.3) is 5.91 Å². The van der Waals surface area contributed by atoms with Gasteiger partial charge in [0.15, 0.2) is 0 Å². The fourth-order valence-electron chi connectivity index (χ4n) is 2.59. The second kappa shape index (κ2) is 8.61. The SMILES string of the molecule is CC(C)c1cccc(NC(=O)C(NC(=O)c2ccccc2F)C(C)C)c1. The highest BCUT2D eigenvalue weighted by molar-refractivity contribution is 6.01. The van der Waals surface area contributed by atoms with Crippen LogP contribution in [0, 0.1) is 11.7 Å². The van der Waals surface area contributed by atoms with Crippen LogP contribution >= 0.6 is 0 Å². The van der Waals surface area contributed by atoms with Crippen LogP contribution < -0.4 is 10.6 Å². The third kappa shape index (κ3) is 4.91. The van der Waals surface area contributed by atoms with Crippen LogP contribution in [-0.2, 0) is 4.79 Å². The molecule has 0 spiro atoms. The molecule has 0 saturated carbocycles. The second-order valence-electron chi connectivity index (χ2n) is 6.94. The molecule has 1 atom stereocenters. The summed E-state index contributed by atoms with van der Waals surface area (Å²) in [6, 6.07) is 12.5. The first-order valence-corrected chi connectivity index (χ1v) is 8.75. The summed E-state index contributed by atoms with van der Waals surface area (Å²) in [7, 11) is 0. The number of hydrogen-bond acceptors (Lipinski definition) is 2. The van der Waals surface area contributed by atoms with E-state index in [0.717, 1.165) is 5.56 Å². The van der Waals surface area contributed by atoms with Gasteiger partial charge >= 0.3 is 0 Å². The molecule has 0 aliphatic carbocycles. The number of benzene rings is 2. The molecule has 2 aromatic carbocycles. The molecular weight excluding hydrogens is 331 g/mol. The van der Waals surface area contributed by atoms with Gasteiger partial charge < -0.3 is 10.6 Å². The normalized spacial score (nSPS) is 12.1. The van der Waals surface area contributed by atoms with E-state index in [1.807, 2.05) is 32.0 Å². The van der Waals surface area contributed by atoms with Gasteiger partial charge in [-0.1, -0.05) is 52.0 Å². The molecule has 1 unspecified atom stereocenters. The highest BCUT2D eigenvalue weighted by atomic mass is 19.1.